The van der Waals surface area contributed by atoms with Crippen LogP contribution in [-0.2, 0) is 14.4 Å². The molecule has 2 atom stereocenters. The molecule has 4 nitrogen and oxygen atoms in total. The monoisotopic (exact) mass is 333 g/mol. The number of ether oxygens (including phenoxy) is 1. The molecule has 0 aliphatic carbocycles. The van der Waals surface area contributed by atoms with Crippen LogP contribution < -0.4 is 0 Å². The first kappa shape index (κ1) is 18.9. The Hall–Kier alpha value is -1.39. The molecule has 134 valence electrons. The topological polar surface area (TPSA) is 38.8 Å². The van der Waals surface area contributed by atoms with E-state index in [1.165, 1.54) is 13.5 Å². The normalized spacial score (nSPS) is 22.6. The first-order chi connectivity index (χ1) is 11.2. The number of methoxy groups -OCH3 is 1. The Bertz CT molecular complexity index is 537. The van der Waals surface area contributed by atoms with Gasteiger partial charge >= 0.3 is 5.97 Å². The average Bonchev–Trinajstić information content (AvgIpc) is 2.51. The lowest BCUT2D eigenvalue weighted by Gasteiger charge is -2.52. The van der Waals surface area contributed by atoms with E-state index < -0.39 is 5.92 Å². The van der Waals surface area contributed by atoms with Gasteiger partial charge in [-0.2, -0.15) is 5.06 Å². The second kappa shape index (κ2) is 7.24. The summed E-state index contributed by atoms with van der Waals surface area (Å²) in [7, 11) is 1.43. The third kappa shape index (κ3) is 3.98. The van der Waals surface area contributed by atoms with Crippen LogP contribution in [0.15, 0.2) is 30.3 Å². The van der Waals surface area contributed by atoms with Gasteiger partial charge in [0.1, 0.15) is 5.92 Å². The Labute approximate surface area is 146 Å². The molecule has 1 aliphatic rings. The molecular weight excluding hydrogens is 302 g/mol. The zero-order valence-electron chi connectivity index (χ0n) is 15.8. The van der Waals surface area contributed by atoms with E-state index in [1.807, 2.05) is 37.3 Å². The van der Waals surface area contributed by atoms with Crippen LogP contribution in [0.2, 0.25) is 0 Å². The van der Waals surface area contributed by atoms with Gasteiger partial charge < -0.3 is 4.74 Å². The summed E-state index contributed by atoms with van der Waals surface area (Å²) in [6.45, 7) is 10.8. The zero-order chi connectivity index (χ0) is 18.0. The summed E-state index contributed by atoms with van der Waals surface area (Å²) in [4.78, 5) is 18.8. The first-order valence-electron chi connectivity index (χ1n) is 8.79. The molecule has 1 aliphatic heterocycles. The highest BCUT2D eigenvalue weighted by Gasteiger charge is 2.44. The van der Waals surface area contributed by atoms with Crippen molar-refractivity contribution in [3.8, 4) is 0 Å². The summed E-state index contributed by atoms with van der Waals surface area (Å²) in [5.41, 5.74) is 0.797. The maximum Gasteiger partial charge on any atom is 0.315 e. The lowest BCUT2D eigenvalue weighted by molar-refractivity contribution is -0.304. The average molecular weight is 333 g/mol. The smallest absolute Gasteiger partial charge is 0.315 e. The van der Waals surface area contributed by atoms with Crippen LogP contribution in [0.3, 0.4) is 0 Å². The number of hydroxylamine groups is 2. The minimum Gasteiger partial charge on any atom is -0.468 e. The summed E-state index contributed by atoms with van der Waals surface area (Å²) in [5, 5.41) is 2.10. The van der Waals surface area contributed by atoms with E-state index in [0.29, 0.717) is 0 Å². The van der Waals surface area contributed by atoms with Crippen LogP contribution in [0.4, 0.5) is 0 Å². The van der Waals surface area contributed by atoms with Crippen molar-refractivity contribution in [2.24, 2.45) is 0 Å². The molecule has 2 rings (SSSR count). The Morgan fingerprint density at radius 1 is 1.08 bits per heavy atom. The molecule has 1 aromatic carbocycles. The van der Waals surface area contributed by atoms with Gasteiger partial charge in [-0.15, -0.1) is 0 Å². The highest BCUT2D eigenvalue weighted by Crippen LogP contribution is 2.40. The number of carbonyl (C=O) groups is 1. The van der Waals surface area contributed by atoms with Crippen molar-refractivity contribution in [3.63, 3.8) is 0 Å². The molecule has 1 aromatic rings. The molecule has 1 fully saturated rings. The van der Waals surface area contributed by atoms with E-state index in [4.69, 9.17) is 9.57 Å². The fraction of sp³-hybridized carbons (Fsp3) is 0.650. The maximum atomic E-state index is 12.4. The van der Waals surface area contributed by atoms with Crippen molar-refractivity contribution in [1.82, 2.24) is 5.06 Å². The summed E-state index contributed by atoms with van der Waals surface area (Å²) in [6, 6.07) is 9.72. The molecule has 0 saturated carbocycles. The fourth-order valence-corrected chi connectivity index (χ4v) is 3.87. The standard InChI is InChI=1S/C20H31NO3/c1-15(17(18(22)23-6)16-11-8-7-9-12-16)24-21-19(2,3)13-10-14-20(21,4)5/h7-9,11-12,15,17H,10,13-14H2,1-6H3. The number of hydrogen-bond acceptors (Lipinski definition) is 4. The summed E-state index contributed by atoms with van der Waals surface area (Å²) in [5.74, 6) is -0.703. The molecule has 4 heteroatoms. The van der Waals surface area contributed by atoms with Gasteiger partial charge in [0.15, 0.2) is 0 Å². The van der Waals surface area contributed by atoms with Crippen molar-refractivity contribution < 1.29 is 14.4 Å². The second-order valence-electron chi connectivity index (χ2n) is 7.99. The van der Waals surface area contributed by atoms with Crippen LogP contribution in [0.25, 0.3) is 0 Å². The van der Waals surface area contributed by atoms with Crippen molar-refractivity contribution in [2.75, 3.05) is 7.11 Å². The van der Waals surface area contributed by atoms with Crippen LogP contribution in [-0.4, -0.2) is 35.3 Å². The summed E-state index contributed by atoms with van der Waals surface area (Å²) >= 11 is 0. The van der Waals surface area contributed by atoms with Gasteiger partial charge in [-0.1, -0.05) is 30.3 Å². The van der Waals surface area contributed by atoms with Gasteiger partial charge in [-0.05, 0) is 59.4 Å². The van der Waals surface area contributed by atoms with E-state index >= 15 is 0 Å². The Morgan fingerprint density at radius 3 is 2.12 bits per heavy atom. The number of carbonyl (C=O) groups excluding carboxylic acids is 1. The SMILES string of the molecule is COC(=O)C(c1ccccc1)C(C)ON1C(C)(C)CCCC1(C)C. The summed E-state index contributed by atoms with van der Waals surface area (Å²) < 4.78 is 5.04. The predicted molar refractivity (Wildman–Crippen MR) is 95.6 cm³/mol. The minimum absolute atomic E-state index is 0.0621. The number of nitrogens with zero attached hydrogens (tertiary/aromatic N) is 1. The molecule has 0 radical (unpaired) electrons. The zero-order valence-corrected chi connectivity index (χ0v) is 15.8. The largest absolute Gasteiger partial charge is 0.468 e. The summed E-state index contributed by atoms with van der Waals surface area (Å²) in [6.07, 6.45) is 3.04. The van der Waals surface area contributed by atoms with E-state index in [1.54, 1.807) is 0 Å². The van der Waals surface area contributed by atoms with Crippen molar-refractivity contribution >= 4 is 5.97 Å². The lowest BCUT2D eigenvalue weighted by Crippen LogP contribution is -2.59. The van der Waals surface area contributed by atoms with Gasteiger partial charge in [0, 0.05) is 11.1 Å². The number of rotatable bonds is 5. The molecule has 0 bridgehead atoms. The molecule has 24 heavy (non-hydrogen) atoms. The lowest BCUT2D eigenvalue weighted by atomic mass is 9.82. The van der Waals surface area contributed by atoms with E-state index in [-0.39, 0.29) is 23.2 Å². The molecule has 2 unspecified atom stereocenters. The molecular formula is C20H31NO3. The number of hydrogen-bond donors (Lipinski definition) is 0. The Kier molecular flexibility index (Phi) is 5.71. The Morgan fingerprint density at radius 2 is 1.62 bits per heavy atom. The third-order valence-electron chi connectivity index (χ3n) is 5.03. The Balaban J connectivity index is 2.26. The predicted octanol–water partition coefficient (Wildman–Crippen LogP) is 4.31. The maximum absolute atomic E-state index is 12.4. The number of benzene rings is 1. The quantitative estimate of drug-likeness (QED) is 0.753. The van der Waals surface area contributed by atoms with Gasteiger partial charge in [0.2, 0.25) is 0 Å². The van der Waals surface area contributed by atoms with Gasteiger partial charge in [-0.3, -0.25) is 9.63 Å². The van der Waals surface area contributed by atoms with Crippen LogP contribution in [0.1, 0.15) is 65.4 Å². The molecule has 0 spiro atoms. The van der Waals surface area contributed by atoms with E-state index in [0.717, 1.165) is 18.4 Å². The van der Waals surface area contributed by atoms with Crippen LogP contribution in [0.5, 0.6) is 0 Å². The van der Waals surface area contributed by atoms with Gasteiger partial charge in [-0.25, -0.2) is 0 Å². The van der Waals surface area contributed by atoms with Crippen molar-refractivity contribution in [3.05, 3.63) is 35.9 Å². The highest BCUT2D eigenvalue weighted by molar-refractivity contribution is 5.78. The second-order valence-corrected chi connectivity index (χ2v) is 7.99. The fourth-order valence-electron chi connectivity index (χ4n) is 3.87. The van der Waals surface area contributed by atoms with Crippen LogP contribution >= 0.6 is 0 Å². The van der Waals surface area contributed by atoms with Crippen LogP contribution in [0, 0.1) is 0 Å². The minimum atomic E-state index is -0.440. The van der Waals surface area contributed by atoms with Crippen molar-refractivity contribution in [2.45, 2.75) is 77.0 Å². The molecule has 0 amide bonds. The number of esters is 1. The molecule has 0 N–H and O–H groups in total. The first-order valence-corrected chi connectivity index (χ1v) is 8.79. The highest BCUT2D eigenvalue weighted by atomic mass is 16.7. The molecule has 0 aromatic heterocycles. The van der Waals surface area contributed by atoms with Crippen molar-refractivity contribution in [1.29, 1.82) is 0 Å². The molecule has 1 saturated heterocycles. The molecule has 1 heterocycles. The number of piperidine rings is 1. The van der Waals surface area contributed by atoms with E-state index in [2.05, 4.69) is 32.8 Å². The van der Waals surface area contributed by atoms with E-state index in [9.17, 15) is 4.79 Å². The third-order valence-corrected chi connectivity index (χ3v) is 5.03. The van der Waals surface area contributed by atoms with Gasteiger partial charge in [0.05, 0.1) is 13.2 Å². The van der Waals surface area contributed by atoms with Gasteiger partial charge in [0.25, 0.3) is 0 Å².